The van der Waals surface area contributed by atoms with E-state index in [1.165, 1.54) is 17.3 Å². The molecule has 3 aromatic rings. The predicted octanol–water partition coefficient (Wildman–Crippen LogP) is 3.51. The van der Waals surface area contributed by atoms with Crippen LogP contribution in [0.4, 0.5) is 0 Å². The van der Waals surface area contributed by atoms with Gasteiger partial charge in [0.25, 0.3) is 0 Å². The molecule has 0 saturated carbocycles. The smallest absolute Gasteiger partial charge is 0.175 e. The van der Waals surface area contributed by atoms with E-state index in [1.807, 2.05) is 42.5 Å². The van der Waals surface area contributed by atoms with Gasteiger partial charge in [0.15, 0.2) is 11.5 Å². The van der Waals surface area contributed by atoms with Crippen molar-refractivity contribution in [2.45, 2.75) is 6.61 Å². The number of methoxy groups -OCH3 is 1. The first-order valence-electron chi connectivity index (χ1n) is 7.19. The van der Waals surface area contributed by atoms with E-state index in [-0.39, 0.29) is 0 Å². The molecule has 0 atom stereocenters. The Labute approximate surface area is 147 Å². The molecule has 0 saturated heterocycles. The predicted molar refractivity (Wildman–Crippen MR) is 94.5 cm³/mol. The number of halogens is 1. The second-order valence-electron chi connectivity index (χ2n) is 4.89. The molecule has 0 spiro atoms. The fourth-order valence-corrected chi connectivity index (χ4v) is 2.65. The van der Waals surface area contributed by atoms with Gasteiger partial charge in [-0.25, -0.2) is 4.68 Å². The molecule has 0 fully saturated rings. The molecule has 2 aromatic carbocycles. The third-order valence-corrected chi connectivity index (χ3v) is 3.81. The van der Waals surface area contributed by atoms with Crippen LogP contribution in [0.1, 0.15) is 11.1 Å². The zero-order valence-corrected chi connectivity index (χ0v) is 14.5. The van der Waals surface area contributed by atoms with Gasteiger partial charge in [-0.3, -0.25) is 0 Å². The van der Waals surface area contributed by atoms with E-state index in [2.05, 4.69) is 31.2 Å². The molecule has 7 heteroatoms. The Morgan fingerprint density at radius 1 is 1.17 bits per heavy atom. The maximum atomic E-state index is 5.91. The number of aromatic nitrogens is 3. The third-order valence-electron chi connectivity index (χ3n) is 3.22. The Morgan fingerprint density at radius 2 is 1.92 bits per heavy atom. The van der Waals surface area contributed by atoms with E-state index in [9.17, 15) is 0 Å². The molecule has 0 N–H and O–H groups in total. The van der Waals surface area contributed by atoms with Gasteiger partial charge in [0, 0.05) is 0 Å². The van der Waals surface area contributed by atoms with Crippen molar-refractivity contribution in [2.24, 2.45) is 5.10 Å². The lowest BCUT2D eigenvalue weighted by atomic mass is 10.2. The molecular formula is C17H15BrN4O2. The van der Waals surface area contributed by atoms with Crippen LogP contribution in [0, 0.1) is 0 Å². The van der Waals surface area contributed by atoms with Gasteiger partial charge >= 0.3 is 0 Å². The Hall–Kier alpha value is -2.67. The van der Waals surface area contributed by atoms with Crippen molar-refractivity contribution in [3.8, 4) is 11.5 Å². The molecular weight excluding hydrogens is 372 g/mol. The summed E-state index contributed by atoms with van der Waals surface area (Å²) in [7, 11) is 1.61. The maximum absolute atomic E-state index is 5.91. The van der Waals surface area contributed by atoms with Crippen LogP contribution in [0.15, 0.2) is 64.7 Å². The molecule has 0 aliphatic heterocycles. The first-order chi connectivity index (χ1) is 11.8. The van der Waals surface area contributed by atoms with Crippen LogP contribution < -0.4 is 9.47 Å². The molecule has 24 heavy (non-hydrogen) atoms. The summed E-state index contributed by atoms with van der Waals surface area (Å²) in [5.74, 6) is 1.29. The van der Waals surface area contributed by atoms with Crippen molar-refractivity contribution in [2.75, 3.05) is 7.11 Å². The van der Waals surface area contributed by atoms with Crippen molar-refractivity contribution in [1.29, 1.82) is 0 Å². The minimum atomic E-state index is 0.462. The summed E-state index contributed by atoms with van der Waals surface area (Å²) >= 11 is 3.53. The van der Waals surface area contributed by atoms with Gasteiger partial charge in [-0.05, 0) is 39.2 Å². The molecule has 6 nitrogen and oxygen atoms in total. The van der Waals surface area contributed by atoms with Crippen LogP contribution in [-0.4, -0.2) is 28.2 Å². The SMILES string of the molecule is COc1cc(/C=N\n2cnnc2)cc(Br)c1OCc1ccccc1. The van der Waals surface area contributed by atoms with E-state index in [0.717, 1.165) is 15.6 Å². The Kier molecular flexibility index (Phi) is 5.22. The summed E-state index contributed by atoms with van der Waals surface area (Å²) in [5, 5.41) is 11.6. The molecule has 0 radical (unpaired) electrons. The standard InChI is InChI=1S/C17H15BrN4O2/c1-23-16-8-14(9-21-22-11-19-20-12-22)7-15(18)17(16)24-10-13-5-3-2-4-6-13/h2-9,11-12H,10H2,1H3/b21-9-. The highest BCUT2D eigenvalue weighted by Gasteiger charge is 2.11. The largest absolute Gasteiger partial charge is 0.493 e. The highest BCUT2D eigenvalue weighted by Crippen LogP contribution is 2.36. The molecule has 0 aliphatic carbocycles. The van der Waals surface area contributed by atoms with Gasteiger partial charge < -0.3 is 9.47 Å². The Morgan fingerprint density at radius 3 is 2.62 bits per heavy atom. The Bertz CT molecular complexity index is 820. The van der Waals surface area contributed by atoms with Crippen molar-refractivity contribution >= 4 is 22.1 Å². The number of hydrogen-bond donors (Lipinski definition) is 0. The summed E-state index contributed by atoms with van der Waals surface area (Å²) in [6.07, 6.45) is 4.72. The lowest BCUT2D eigenvalue weighted by Crippen LogP contribution is -1.99. The van der Waals surface area contributed by atoms with Crippen molar-refractivity contribution in [3.05, 3.63) is 70.7 Å². The number of nitrogens with zero attached hydrogens (tertiary/aromatic N) is 4. The fraction of sp³-hybridized carbons (Fsp3) is 0.118. The first kappa shape index (κ1) is 16.2. The van der Waals surface area contributed by atoms with Crippen LogP contribution in [0.25, 0.3) is 0 Å². The van der Waals surface area contributed by atoms with Crippen LogP contribution in [0.5, 0.6) is 11.5 Å². The molecule has 0 bridgehead atoms. The van der Waals surface area contributed by atoms with Crippen molar-refractivity contribution in [3.63, 3.8) is 0 Å². The van der Waals surface area contributed by atoms with Gasteiger partial charge in [0.2, 0.25) is 0 Å². The third kappa shape index (κ3) is 3.99. The number of hydrogen-bond acceptors (Lipinski definition) is 5. The average molecular weight is 387 g/mol. The van der Waals surface area contributed by atoms with Crippen LogP contribution in [-0.2, 0) is 6.61 Å². The van der Waals surface area contributed by atoms with Crippen LogP contribution in [0.2, 0.25) is 0 Å². The second kappa shape index (κ2) is 7.74. The quantitative estimate of drug-likeness (QED) is 0.608. The zero-order valence-electron chi connectivity index (χ0n) is 13.0. The molecule has 1 heterocycles. The van der Waals surface area contributed by atoms with Gasteiger partial charge in [-0.1, -0.05) is 30.3 Å². The lowest BCUT2D eigenvalue weighted by molar-refractivity contribution is 0.282. The highest BCUT2D eigenvalue weighted by atomic mass is 79.9. The summed E-state index contributed by atoms with van der Waals surface area (Å²) < 4.78 is 13.7. The normalized spacial score (nSPS) is 10.9. The summed E-state index contributed by atoms with van der Waals surface area (Å²) in [5.41, 5.74) is 1.95. The van der Waals surface area contributed by atoms with Crippen molar-refractivity contribution in [1.82, 2.24) is 14.9 Å². The summed E-state index contributed by atoms with van der Waals surface area (Å²) in [4.78, 5) is 0. The summed E-state index contributed by atoms with van der Waals surface area (Å²) in [6, 6.07) is 13.7. The number of ether oxygens (including phenoxy) is 2. The molecule has 122 valence electrons. The second-order valence-corrected chi connectivity index (χ2v) is 5.75. The lowest BCUT2D eigenvalue weighted by Gasteiger charge is -2.13. The first-order valence-corrected chi connectivity index (χ1v) is 7.99. The van der Waals surface area contributed by atoms with Gasteiger partial charge in [0.05, 0.1) is 17.8 Å². The van der Waals surface area contributed by atoms with E-state index < -0.39 is 0 Å². The van der Waals surface area contributed by atoms with E-state index in [0.29, 0.717) is 18.1 Å². The Balaban J connectivity index is 1.79. The molecule has 3 rings (SSSR count). The minimum Gasteiger partial charge on any atom is -0.493 e. The van der Waals surface area contributed by atoms with Crippen molar-refractivity contribution < 1.29 is 9.47 Å². The number of benzene rings is 2. The van der Waals surface area contributed by atoms with E-state index in [4.69, 9.17) is 9.47 Å². The molecule has 0 aliphatic rings. The topological polar surface area (TPSA) is 61.5 Å². The zero-order chi connectivity index (χ0) is 16.8. The minimum absolute atomic E-state index is 0.462. The fourth-order valence-electron chi connectivity index (χ4n) is 2.07. The monoisotopic (exact) mass is 386 g/mol. The van der Waals surface area contributed by atoms with Gasteiger partial charge in [-0.2, -0.15) is 5.10 Å². The average Bonchev–Trinajstić information content (AvgIpc) is 3.13. The van der Waals surface area contributed by atoms with E-state index in [1.54, 1.807) is 13.3 Å². The molecule has 0 amide bonds. The van der Waals surface area contributed by atoms with E-state index >= 15 is 0 Å². The number of rotatable bonds is 6. The van der Waals surface area contributed by atoms with Gasteiger partial charge in [-0.15, -0.1) is 10.2 Å². The van der Waals surface area contributed by atoms with Crippen LogP contribution in [0.3, 0.4) is 0 Å². The maximum Gasteiger partial charge on any atom is 0.175 e. The van der Waals surface area contributed by atoms with Gasteiger partial charge in [0.1, 0.15) is 19.3 Å². The van der Waals surface area contributed by atoms with Crippen LogP contribution >= 0.6 is 15.9 Å². The molecule has 0 unspecified atom stereocenters. The molecule has 1 aromatic heterocycles. The summed E-state index contributed by atoms with van der Waals surface area (Å²) in [6.45, 7) is 0.462. The highest BCUT2D eigenvalue weighted by molar-refractivity contribution is 9.10.